The van der Waals surface area contributed by atoms with Gasteiger partial charge in [-0.25, -0.2) is 14.2 Å². The van der Waals surface area contributed by atoms with E-state index in [4.69, 9.17) is 4.74 Å². The van der Waals surface area contributed by atoms with Crippen molar-refractivity contribution in [2.75, 3.05) is 25.6 Å². The first kappa shape index (κ1) is 14.6. The van der Waals surface area contributed by atoms with Gasteiger partial charge >= 0.3 is 0 Å². The molecular weight excluding hydrogens is 306 g/mol. The fourth-order valence-electron chi connectivity index (χ4n) is 2.69. The molecule has 0 aliphatic rings. The Labute approximate surface area is 138 Å². The Balaban J connectivity index is 1.72. The predicted molar refractivity (Wildman–Crippen MR) is 90.9 cm³/mol. The van der Waals surface area contributed by atoms with E-state index < -0.39 is 0 Å². The van der Waals surface area contributed by atoms with Crippen molar-refractivity contribution in [2.45, 2.75) is 0 Å². The van der Waals surface area contributed by atoms with Gasteiger partial charge < -0.3 is 10.1 Å². The van der Waals surface area contributed by atoms with Gasteiger partial charge in [-0.05, 0) is 23.8 Å². The maximum atomic E-state index is 5.01. The maximum Gasteiger partial charge on any atom is 0.241 e. The lowest BCUT2D eigenvalue weighted by molar-refractivity contribution is 0.210. The zero-order valence-electron chi connectivity index (χ0n) is 13.5. The molecule has 0 amide bonds. The lowest BCUT2D eigenvalue weighted by Gasteiger charge is -2.05. The van der Waals surface area contributed by atoms with Gasteiger partial charge in [-0.3, -0.25) is 0 Å². The summed E-state index contributed by atoms with van der Waals surface area (Å²) in [5.41, 5.74) is 4.97. The van der Waals surface area contributed by atoms with Crippen molar-refractivity contribution >= 4 is 22.5 Å². The molecule has 0 aliphatic carbocycles. The molecule has 0 saturated heterocycles. The van der Waals surface area contributed by atoms with E-state index in [-0.39, 0.29) is 0 Å². The van der Waals surface area contributed by atoms with Gasteiger partial charge in [0.2, 0.25) is 5.95 Å². The molecule has 1 aromatic carbocycles. The smallest absolute Gasteiger partial charge is 0.241 e. The van der Waals surface area contributed by atoms with Crippen LogP contribution in [0.5, 0.6) is 0 Å². The molecule has 0 spiro atoms. The van der Waals surface area contributed by atoms with Gasteiger partial charge in [0.1, 0.15) is 5.52 Å². The predicted octanol–water partition coefficient (Wildman–Crippen LogP) is 1.74. The largest absolute Gasteiger partial charge is 0.383 e. The molecule has 0 unspecified atom stereocenters. The standard InChI is InChI=1S/C16H17N7O/c1-22-14-9-11(3-4-13(14)19-21-22)12-5-7-23-15(12)10-18-16(20-23)17-6-8-24-2/h3-5,7,9-10H,6,8H2,1-2H3,(H,17,20). The SMILES string of the molecule is COCCNc1ncc2c(-c3ccc4nnn(C)c4c3)ccn2n1. The van der Waals surface area contributed by atoms with Crippen LogP contribution in [0.3, 0.4) is 0 Å². The molecule has 3 aromatic heterocycles. The zero-order chi connectivity index (χ0) is 16.5. The highest BCUT2D eigenvalue weighted by Gasteiger charge is 2.10. The number of aromatic nitrogens is 6. The summed E-state index contributed by atoms with van der Waals surface area (Å²) >= 11 is 0. The van der Waals surface area contributed by atoms with Crippen LogP contribution in [0, 0.1) is 0 Å². The van der Waals surface area contributed by atoms with Crippen molar-refractivity contribution in [3.8, 4) is 11.1 Å². The number of anilines is 1. The molecular formula is C16H17N7O. The number of ether oxygens (including phenoxy) is 1. The molecule has 4 rings (SSSR count). The van der Waals surface area contributed by atoms with Gasteiger partial charge in [0.05, 0.1) is 23.8 Å². The second-order valence-electron chi connectivity index (χ2n) is 5.48. The Hall–Kier alpha value is -3.00. The minimum atomic E-state index is 0.577. The van der Waals surface area contributed by atoms with E-state index in [0.717, 1.165) is 27.7 Å². The summed E-state index contributed by atoms with van der Waals surface area (Å²) in [7, 11) is 3.55. The highest BCUT2D eigenvalue weighted by molar-refractivity contribution is 5.87. The lowest BCUT2D eigenvalue weighted by atomic mass is 10.1. The molecule has 8 heteroatoms. The third kappa shape index (κ3) is 2.46. The second kappa shape index (κ2) is 5.89. The lowest BCUT2D eigenvalue weighted by Crippen LogP contribution is -2.11. The number of aryl methyl sites for hydroxylation is 1. The molecule has 8 nitrogen and oxygen atoms in total. The van der Waals surface area contributed by atoms with E-state index in [1.807, 2.05) is 42.2 Å². The van der Waals surface area contributed by atoms with Crippen LogP contribution in [0.25, 0.3) is 27.7 Å². The minimum absolute atomic E-state index is 0.577. The Morgan fingerprint density at radius 1 is 1.21 bits per heavy atom. The van der Waals surface area contributed by atoms with Crippen LogP contribution in [-0.2, 0) is 11.8 Å². The number of nitrogens with zero attached hydrogens (tertiary/aromatic N) is 6. The van der Waals surface area contributed by atoms with E-state index >= 15 is 0 Å². The summed E-state index contributed by atoms with van der Waals surface area (Å²) in [5.74, 6) is 0.577. The van der Waals surface area contributed by atoms with Gasteiger partial charge in [-0.1, -0.05) is 11.3 Å². The van der Waals surface area contributed by atoms with E-state index in [2.05, 4.69) is 31.8 Å². The number of fused-ring (bicyclic) bond motifs is 2. The van der Waals surface area contributed by atoms with Gasteiger partial charge in [0, 0.05) is 32.5 Å². The van der Waals surface area contributed by atoms with Crippen molar-refractivity contribution in [2.24, 2.45) is 7.05 Å². The minimum Gasteiger partial charge on any atom is -0.383 e. The number of hydrogen-bond acceptors (Lipinski definition) is 6. The summed E-state index contributed by atoms with van der Waals surface area (Å²) in [4.78, 5) is 4.38. The van der Waals surface area contributed by atoms with E-state index in [1.165, 1.54) is 0 Å². The molecule has 4 aromatic rings. The molecule has 1 N–H and O–H groups in total. The van der Waals surface area contributed by atoms with Crippen molar-refractivity contribution < 1.29 is 4.74 Å². The average molecular weight is 323 g/mol. The van der Waals surface area contributed by atoms with Crippen LogP contribution >= 0.6 is 0 Å². The quantitative estimate of drug-likeness (QED) is 0.563. The van der Waals surface area contributed by atoms with Gasteiger partial charge in [-0.15, -0.1) is 10.2 Å². The Morgan fingerprint density at radius 3 is 3.00 bits per heavy atom. The summed E-state index contributed by atoms with van der Waals surface area (Å²) in [6.45, 7) is 1.28. The van der Waals surface area contributed by atoms with Gasteiger partial charge in [0.25, 0.3) is 0 Å². The van der Waals surface area contributed by atoms with Crippen molar-refractivity contribution in [3.63, 3.8) is 0 Å². The van der Waals surface area contributed by atoms with Crippen LogP contribution in [-0.4, -0.2) is 49.9 Å². The topological polar surface area (TPSA) is 82.2 Å². The summed E-state index contributed by atoms with van der Waals surface area (Å²) in [6.07, 6.45) is 3.75. The summed E-state index contributed by atoms with van der Waals surface area (Å²) in [6, 6.07) is 8.13. The number of rotatable bonds is 5. The Kier molecular flexibility index (Phi) is 3.58. The molecule has 0 radical (unpaired) electrons. The van der Waals surface area contributed by atoms with E-state index in [0.29, 0.717) is 19.1 Å². The third-order valence-electron chi connectivity index (χ3n) is 3.93. The molecule has 0 saturated carbocycles. The monoisotopic (exact) mass is 323 g/mol. The fourth-order valence-corrected chi connectivity index (χ4v) is 2.69. The first-order chi connectivity index (χ1) is 11.8. The average Bonchev–Trinajstić information content (AvgIpc) is 3.18. The van der Waals surface area contributed by atoms with E-state index in [1.54, 1.807) is 11.8 Å². The summed E-state index contributed by atoms with van der Waals surface area (Å²) < 4.78 is 8.61. The van der Waals surface area contributed by atoms with Gasteiger partial charge in [0.15, 0.2) is 0 Å². The third-order valence-corrected chi connectivity index (χ3v) is 3.93. The zero-order valence-corrected chi connectivity index (χ0v) is 13.5. The van der Waals surface area contributed by atoms with Crippen molar-refractivity contribution in [1.29, 1.82) is 0 Å². The number of benzene rings is 1. The molecule has 122 valence electrons. The highest BCUT2D eigenvalue weighted by atomic mass is 16.5. The molecule has 24 heavy (non-hydrogen) atoms. The first-order valence-electron chi connectivity index (χ1n) is 7.63. The number of methoxy groups -OCH3 is 1. The Bertz CT molecular complexity index is 1000. The number of nitrogens with one attached hydrogen (secondary N) is 1. The highest BCUT2D eigenvalue weighted by Crippen LogP contribution is 2.27. The summed E-state index contributed by atoms with van der Waals surface area (Å²) in [5, 5.41) is 15.8. The molecule has 0 bridgehead atoms. The van der Waals surface area contributed by atoms with Crippen molar-refractivity contribution in [3.05, 3.63) is 36.7 Å². The molecule has 0 aliphatic heterocycles. The normalized spacial score (nSPS) is 11.4. The Morgan fingerprint density at radius 2 is 2.12 bits per heavy atom. The molecule has 0 fully saturated rings. The van der Waals surface area contributed by atoms with Gasteiger partial charge in [-0.2, -0.15) is 0 Å². The van der Waals surface area contributed by atoms with Crippen molar-refractivity contribution in [1.82, 2.24) is 29.6 Å². The first-order valence-corrected chi connectivity index (χ1v) is 7.63. The van der Waals surface area contributed by atoms with Crippen LogP contribution in [0.2, 0.25) is 0 Å². The van der Waals surface area contributed by atoms with Crippen LogP contribution in [0.4, 0.5) is 5.95 Å². The molecule has 3 heterocycles. The molecule has 0 atom stereocenters. The van der Waals surface area contributed by atoms with Crippen LogP contribution in [0.1, 0.15) is 0 Å². The number of hydrogen-bond donors (Lipinski definition) is 1. The maximum absolute atomic E-state index is 5.01. The second-order valence-corrected chi connectivity index (χ2v) is 5.48. The van der Waals surface area contributed by atoms with Crippen LogP contribution in [0.15, 0.2) is 36.7 Å². The van der Waals surface area contributed by atoms with Crippen LogP contribution < -0.4 is 5.32 Å². The fraction of sp³-hybridized carbons (Fsp3) is 0.250. The van der Waals surface area contributed by atoms with E-state index in [9.17, 15) is 0 Å².